The summed E-state index contributed by atoms with van der Waals surface area (Å²) >= 11 is 0. The molecule has 0 aromatic carbocycles. The van der Waals surface area contributed by atoms with Gasteiger partial charge in [0.15, 0.2) is 5.82 Å². The maximum atomic E-state index is 13.1. The van der Waals surface area contributed by atoms with E-state index >= 15 is 0 Å². The zero-order valence-electron chi connectivity index (χ0n) is 11.8. The summed E-state index contributed by atoms with van der Waals surface area (Å²) in [6, 6.07) is 4.92. The number of hydrogen-bond acceptors (Lipinski definition) is 4. The van der Waals surface area contributed by atoms with Crippen molar-refractivity contribution in [2.24, 2.45) is 0 Å². The van der Waals surface area contributed by atoms with Gasteiger partial charge in [-0.05, 0) is 43.4 Å². The van der Waals surface area contributed by atoms with Crippen LogP contribution in [0.5, 0.6) is 0 Å². The largest absolute Gasteiger partial charge is 0.305 e. The van der Waals surface area contributed by atoms with Crippen molar-refractivity contribution in [2.45, 2.75) is 25.7 Å². The molecule has 5 nitrogen and oxygen atoms in total. The number of fused-ring (bicyclic) bond motifs is 1. The first-order chi connectivity index (χ1) is 10.7. The molecule has 0 bridgehead atoms. The lowest BCUT2D eigenvalue weighted by Crippen LogP contribution is -2.17. The number of rotatable bonds is 2. The molecule has 0 spiro atoms. The Balaban J connectivity index is 1.91. The molecule has 0 saturated carbocycles. The van der Waals surface area contributed by atoms with Gasteiger partial charge in [-0.2, -0.15) is 5.26 Å². The topological polar surface area (TPSA) is 78.7 Å². The van der Waals surface area contributed by atoms with E-state index in [9.17, 15) is 14.4 Å². The minimum Gasteiger partial charge on any atom is -0.305 e. The lowest BCUT2D eigenvalue weighted by molar-refractivity contribution is 0.102. The Morgan fingerprint density at radius 3 is 2.86 bits per heavy atom. The molecule has 2 aromatic rings. The van der Waals surface area contributed by atoms with E-state index in [0.717, 1.165) is 49.2 Å². The van der Waals surface area contributed by atoms with Crippen molar-refractivity contribution in [1.29, 1.82) is 5.26 Å². The van der Waals surface area contributed by atoms with Crippen LogP contribution in [0.25, 0.3) is 0 Å². The van der Waals surface area contributed by atoms with E-state index in [1.54, 1.807) is 6.07 Å². The minimum atomic E-state index is -0.591. The Bertz CT molecular complexity index is 782. The second kappa shape index (κ2) is 5.90. The lowest BCUT2D eigenvalue weighted by atomic mass is 9.95. The van der Waals surface area contributed by atoms with Gasteiger partial charge in [0.2, 0.25) is 0 Å². The molecule has 2 heterocycles. The number of hydrogen-bond donors (Lipinski definition) is 1. The summed E-state index contributed by atoms with van der Waals surface area (Å²) in [5.74, 6) is -0.907. The summed E-state index contributed by atoms with van der Waals surface area (Å²) in [6.07, 6.45) is 6.16. The van der Waals surface area contributed by atoms with Gasteiger partial charge in [-0.3, -0.25) is 9.78 Å². The van der Waals surface area contributed by atoms with Gasteiger partial charge in [-0.25, -0.2) is 9.37 Å². The van der Waals surface area contributed by atoms with Crippen LogP contribution in [0.3, 0.4) is 0 Å². The van der Waals surface area contributed by atoms with Gasteiger partial charge in [0.05, 0.1) is 17.3 Å². The third-order valence-electron chi connectivity index (χ3n) is 3.62. The Kier molecular flexibility index (Phi) is 3.79. The second-order valence-electron chi connectivity index (χ2n) is 5.16. The van der Waals surface area contributed by atoms with Crippen molar-refractivity contribution in [3.63, 3.8) is 0 Å². The molecule has 0 aliphatic heterocycles. The lowest BCUT2D eigenvalue weighted by Gasteiger charge is -2.17. The van der Waals surface area contributed by atoms with Crippen LogP contribution in [-0.2, 0) is 12.8 Å². The molecule has 0 atom stereocenters. The average molecular weight is 296 g/mol. The van der Waals surface area contributed by atoms with Crippen LogP contribution in [0, 0.1) is 17.1 Å². The van der Waals surface area contributed by atoms with Crippen LogP contribution in [0.1, 0.15) is 40.0 Å². The molecule has 6 heteroatoms. The number of nitriles is 1. The minimum absolute atomic E-state index is 0.0865. The highest BCUT2D eigenvalue weighted by atomic mass is 19.1. The molecule has 1 aliphatic rings. The normalized spacial score (nSPS) is 13.1. The summed E-state index contributed by atoms with van der Waals surface area (Å²) in [7, 11) is 0. The van der Waals surface area contributed by atoms with E-state index in [1.165, 1.54) is 6.20 Å². The molecule has 0 saturated heterocycles. The first-order valence-corrected chi connectivity index (χ1v) is 7.02. The number of aromatic nitrogens is 2. The van der Waals surface area contributed by atoms with Crippen molar-refractivity contribution in [3.05, 3.63) is 52.7 Å². The van der Waals surface area contributed by atoms with E-state index in [2.05, 4.69) is 15.3 Å². The smallest absolute Gasteiger partial charge is 0.258 e. The van der Waals surface area contributed by atoms with Crippen molar-refractivity contribution >= 4 is 11.7 Å². The predicted molar refractivity (Wildman–Crippen MR) is 77.7 cm³/mol. The number of amides is 1. The van der Waals surface area contributed by atoms with Crippen LogP contribution >= 0.6 is 0 Å². The molecule has 1 amide bonds. The van der Waals surface area contributed by atoms with Gasteiger partial charge in [0, 0.05) is 11.9 Å². The highest BCUT2D eigenvalue weighted by Crippen LogP contribution is 2.24. The first kappa shape index (κ1) is 14.1. The quantitative estimate of drug-likeness (QED) is 0.924. The fraction of sp³-hybridized carbons (Fsp3) is 0.250. The molecule has 1 N–H and O–H groups in total. The van der Waals surface area contributed by atoms with Gasteiger partial charge in [0.1, 0.15) is 11.9 Å². The second-order valence-corrected chi connectivity index (χ2v) is 5.16. The zero-order chi connectivity index (χ0) is 15.5. The number of carbonyl (C=O) groups is 1. The van der Waals surface area contributed by atoms with E-state index in [-0.39, 0.29) is 11.4 Å². The maximum absolute atomic E-state index is 13.1. The molecule has 0 fully saturated rings. The fourth-order valence-corrected chi connectivity index (χ4v) is 2.53. The zero-order valence-corrected chi connectivity index (χ0v) is 11.8. The molecule has 2 aromatic heterocycles. The van der Waals surface area contributed by atoms with E-state index in [4.69, 9.17) is 0 Å². The number of halogens is 1. The maximum Gasteiger partial charge on any atom is 0.258 e. The molecule has 22 heavy (non-hydrogen) atoms. The van der Waals surface area contributed by atoms with Crippen molar-refractivity contribution < 1.29 is 9.18 Å². The first-order valence-electron chi connectivity index (χ1n) is 7.02. The summed E-state index contributed by atoms with van der Waals surface area (Å²) in [6.45, 7) is 0. The summed E-state index contributed by atoms with van der Waals surface area (Å²) in [5, 5.41) is 11.8. The van der Waals surface area contributed by atoms with E-state index in [0.29, 0.717) is 5.56 Å². The third-order valence-corrected chi connectivity index (χ3v) is 3.62. The summed E-state index contributed by atoms with van der Waals surface area (Å²) in [4.78, 5) is 20.2. The number of pyridine rings is 2. The van der Waals surface area contributed by atoms with Crippen LogP contribution in [0.4, 0.5) is 10.2 Å². The molecule has 0 radical (unpaired) electrons. The Morgan fingerprint density at radius 1 is 1.27 bits per heavy atom. The summed E-state index contributed by atoms with van der Waals surface area (Å²) in [5.41, 5.74) is 2.38. The number of aryl methyl sites for hydroxylation is 2. The monoisotopic (exact) mass is 296 g/mol. The Morgan fingerprint density at radius 2 is 2.09 bits per heavy atom. The van der Waals surface area contributed by atoms with Crippen molar-refractivity contribution in [2.75, 3.05) is 5.32 Å². The van der Waals surface area contributed by atoms with Gasteiger partial charge >= 0.3 is 0 Å². The molecular weight excluding hydrogens is 283 g/mol. The molecule has 110 valence electrons. The SMILES string of the molecule is N#Cc1cc2c(nc1NC(=O)c1cncc(F)c1)CCCC2. The average Bonchev–Trinajstić information content (AvgIpc) is 2.54. The number of carbonyl (C=O) groups excluding carboxylic acids is 1. The van der Waals surface area contributed by atoms with Crippen LogP contribution in [0.2, 0.25) is 0 Å². The Hall–Kier alpha value is -2.81. The molecular formula is C16H13FN4O. The van der Waals surface area contributed by atoms with Gasteiger partial charge in [-0.15, -0.1) is 0 Å². The summed E-state index contributed by atoms with van der Waals surface area (Å²) < 4.78 is 13.1. The number of nitrogens with one attached hydrogen (secondary N) is 1. The molecule has 0 unspecified atom stereocenters. The van der Waals surface area contributed by atoms with Crippen molar-refractivity contribution in [1.82, 2.24) is 9.97 Å². The van der Waals surface area contributed by atoms with Gasteiger partial charge < -0.3 is 5.32 Å². The van der Waals surface area contributed by atoms with Crippen molar-refractivity contribution in [3.8, 4) is 6.07 Å². The molecule has 3 rings (SSSR count). The fourth-order valence-electron chi connectivity index (χ4n) is 2.53. The highest BCUT2D eigenvalue weighted by Gasteiger charge is 2.17. The van der Waals surface area contributed by atoms with Gasteiger partial charge in [-0.1, -0.05) is 0 Å². The number of nitrogens with zero attached hydrogens (tertiary/aromatic N) is 3. The van der Waals surface area contributed by atoms with Gasteiger partial charge in [0.25, 0.3) is 5.91 Å². The van der Waals surface area contributed by atoms with E-state index < -0.39 is 11.7 Å². The van der Waals surface area contributed by atoms with Crippen LogP contribution in [-0.4, -0.2) is 15.9 Å². The van der Waals surface area contributed by atoms with Crippen LogP contribution in [0.15, 0.2) is 24.5 Å². The Labute approximate surface area is 126 Å². The van der Waals surface area contributed by atoms with E-state index in [1.807, 2.05) is 6.07 Å². The number of anilines is 1. The predicted octanol–water partition coefficient (Wildman–Crippen LogP) is 2.62. The van der Waals surface area contributed by atoms with Crippen LogP contribution < -0.4 is 5.32 Å². The third kappa shape index (κ3) is 2.79. The highest BCUT2D eigenvalue weighted by molar-refractivity contribution is 6.04. The molecule has 1 aliphatic carbocycles. The standard InChI is InChI=1S/C16H13FN4O/c17-13-6-12(8-19-9-13)16(22)21-15-11(7-18)5-10-3-1-2-4-14(10)20-15/h5-6,8-9H,1-4H2,(H,20,21,22).